The molecule has 0 saturated carbocycles. The van der Waals surface area contributed by atoms with E-state index in [0.29, 0.717) is 6.42 Å². The summed E-state index contributed by atoms with van der Waals surface area (Å²) in [5, 5.41) is 1.63. The van der Waals surface area contributed by atoms with E-state index in [2.05, 4.69) is 4.74 Å². The molecule has 0 N–H and O–H groups in total. The monoisotopic (exact) mass is 470 g/mol. The molecular weight excluding hydrogens is 440 g/mol. The first-order valence-electron chi connectivity index (χ1n) is 11.5. The van der Waals surface area contributed by atoms with Crippen LogP contribution in [0.2, 0.25) is 0 Å². The van der Waals surface area contributed by atoms with E-state index in [-0.39, 0.29) is 11.5 Å². The van der Waals surface area contributed by atoms with E-state index in [1.54, 1.807) is 23.1 Å². The first kappa shape index (κ1) is 23.1. The topological polar surface area (TPSA) is 61.2 Å². The summed E-state index contributed by atoms with van der Waals surface area (Å²) in [5.41, 5.74) is 2.20. The fourth-order valence-corrected chi connectivity index (χ4v) is 6.58. The van der Waals surface area contributed by atoms with Crippen LogP contribution in [0.15, 0.2) is 40.3 Å². The van der Waals surface area contributed by atoms with Gasteiger partial charge in [-0.25, -0.2) is 4.98 Å². The van der Waals surface area contributed by atoms with E-state index in [0.717, 1.165) is 84.6 Å². The molecule has 0 spiro atoms. The number of methoxy groups -OCH3 is 1. The maximum atomic E-state index is 13.6. The largest absolute Gasteiger partial charge is 0.469 e. The van der Waals surface area contributed by atoms with Crippen LogP contribution in [-0.2, 0) is 22.4 Å². The van der Waals surface area contributed by atoms with Crippen LogP contribution in [0, 0.1) is 0 Å². The van der Waals surface area contributed by atoms with Crippen molar-refractivity contribution in [2.24, 2.45) is 0 Å². The molecule has 0 amide bonds. The maximum absolute atomic E-state index is 13.6. The van der Waals surface area contributed by atoms with Gasteiger partial charge in [0.25, 0.3) is 5.56 Å². The highest BCUT2D eigenvalue weighted by molar-refractivity contribution is 7.99. The number of unbranched alkanes of at least 4 members (excludes halogenated alkanes) is 5. The minimum absolute atomic E-state index is 0.0775. The molecule has 0 saturated heterocycles. The Bertz CT molecular complexity index is 1120. The number of benzene rings is 1. The summed E-state index contributed by atoms with van der Waals surface area (Å²) in [5.74, 6) is 0.823. The highest BCUT2D eigenvalue weighted by Crippen LogP contribution is 2.36. The Morgan fingerprint density at radius 1 is 1.09 bits per heavy atom. The van der Waals surface area contributed by atoms with E-state index in [9.17, 15) is 9.59 Å². The van der Waals surface area contributed by atoms with Crippen LogP contribution in [0.5, 0.6) is 0 Å². The van der Waals surface area contributed by atoms with Crippen molar-refractivity contribution in [1.82, 2.24) is 9.55 Å². The molecule has 2 aromatic heterocycles. The Hall–Kier alpha value is -2.12. The fraction of sp³-hybridized carbons (Fsp3) is 0.480. The number of hydrogen-bond acceptors (Lipinski definition) is 6. The fourth-order valence-electron chi connectivity index (χ4n) is 4.27. The van der Waals surface area contributed by atoms with Crippen molar-refractivity contribution < 1.29 is 9.53 Å². The van der Waals surface area contributed by atoms with Gasteiger partial charge in [0, 0.05) is 17.1 Å². The summed E-state index contributed by atoms with van der Waals surface area (Å²) in [6.07, 6.45) is 10.2. The van der Waals surface area contributed by atoms with Crippen molar-refractivity contribution in [2.75, 3.05) is 12.9 Å². The van der Waals surface area contributed by atoms with E-state index < -0.39 is 0 Å². The van der Waals surface area contributed by atoms with Crippen LogP contribution in [0.1, 0.15) is 61.8 Å². The zero-order chi connectivity index (χ0) is 22.3. The van der Waals surface area contributed by atoms with Crippen LogP contribution < -0.4 is 5.56 Å². The minimum atomic E-state index is -0.119. The number of hydrogen-bond donors (Lipinski definition) is 0. The van der Waals surface area contributed by atoms with Gasteiger partial charge in [-0.05, 0) is 49.8 Å². The van der Waals surface area contributed by atoms with Crippen molar-refractivity contribution >= 4 is 39.3 Å². The number of carbonyl (C=O) groups is 1. The molecule has 5 nitrogen and oxygen atoms in total. The lowest BCUT2D eigenvalue weighted by atomic mass is 10.1. The lowest BCUT2D eigenvalue weighted by Crippen LogP contribution is -2.21. The first-order chi connectivity index (χ1) is 15.7. The summed E-state index contributed by atoms with van der Waals surface area (Å²) in [6, 6.07) is 9.89. The second-order valence-electron chi connectivity index (χ2n) is 8.20. The van der Waals surface area contributed by atoms with E-state index >= 15 is 0 Å². The van der Waals surface area contributed by atoms with Gasteiger partial charge in [0.15, 0.2) is 5.16 Å². The molecule has 0 unspecified atom stereocenters. The molecule has 3 aromatic rings. The second-order valence-corrected chi connectivity index (χ2v) is 10.3. The molecule has 0 atom stereocenters. The molecule has 2 heterocycles. The van der Waals surface area contributed by atoms with Crippen LogP contribution in [0.4, 0.5) is 0 Å². The standard InChI is InChI=1S/C25H30N2O3S2/c1-30-21(28)16-9-4-2-3-5-10-17-31-25-26-23-22(19-14-11-15-20(19)32-23)24(29)27(25)18-12-7-6-8-13-18/h6-8,12-13H,2-5,9-11,14-17H2,1H3. The summed E-state index contributed by atoms with van der Waals surface area (Å²) >= 11 is 3.39. The molecule has 0 aliphatic heterocycles. The van der Waals surface area contributed by atoms with Gasteiger partial charge in [0.05, 0.1) is 18.2 Å². The number of ether oxygens (including phenoxy) is 1. The van der Waals surface area contributed by atoms with E-state index in [4.69, 9.17) is 4.98 Å². The van der Waals surface area contributed by atoms with Crippen molar-refractivity contribution in [1.29, 1.82) is 0 Å². The van der Waals surface area contributed by atoms with Crippen LogP contribution in [0.25, 0.3) is 15.9 Å². The Labute approximate surface area is 197 Å². The van der Waals surface area contributed by atoms with Gasteiger partial charge in [-0.3, -0.25) is 14.2 Å². The number of thioether (sulfide) groups is 1. The molecule has 1 aliphatic rings. The van der Waals surface area contributed by atoms with Crippen molar-refractivity contribution in [3.05, 3.63) is 51.1 Å². The number of rotatable bonds is 11. The molecule has 1 aromatic carbocycles. The highest BCUT2D eigenvalue weighted by Gasteiger charge is 2.23. The van der Waals surface area contributed by atoms with Crippen LogP contribution >= 0.6 is 23.1 Å². The molecule has 0 fully saturated rings. The SMILES string of the molecule is COC(=O)CCCCCCCCSc1nc2sc3c(c2c(=O)n1-c1ccccc1)CCC3. The van der Waals surface area contributed by atoms with Gasteiger partial charge in [0.1, 0.15) is 4.83 Å². The van der Waals surface area contributed by atoms with Gasteiger partial charge in [-0.15, -0.1) is 11.3 Å². The number of para-hydroxylation sites is 1. The quantitative estimate of drug-likeness (QED) is 0.150. The second kappa shape index (κ2) is 11.1. The normalized spacial score (nSPS) is 12.9. The van der Waals surface area contributed by atoms with Gasteiger partial charge in [-0.1, -0.05) is 55.6 Å². The third-order valence-electron chi connectivity index (χ3n) is 5.96. The number of aromatic nitrogens is 2. The van der Waals surface area contributed by atoms with Crippen LogP contribution in [-0.4, -0.2) is 28.4 Å². The van der Waals surface area contributed by atoms with E-state index in [1.165, 1.54) is 17.6 Å². The predicted octanol–water partition coefficient (Wildman–Crippen LogP) is 5.93. The highest BCUT2D eigenvalue weighted by atomic mass is 32.2. The Morgan fingerprint density at radius 3 is 2.62 bits per heavy atom. The van der Waals surface area contributed by atoms with Crippen LogP contribution in [0.3, 0.4) is 0 Å². The first-order valence-corrected chi connectivity index (χ1v) is 13.3. The summed E-state index contributed by atoms with van der Waals surface area (Å²) in [7, 11) is 1.44. The zero-order valence-corrected chi connectivity index (χ0v) is 20.2. The number of thiophene rings is 1. The zero-order valence-electron chi connectivity index (χ0n) is 18.6. The maximum Gasteiger partial charge on any atom is 0.305 e. The number of esters is 1. The molecular formula is C25H30N2O3S2. The Morgan fingerprint density at radius 2 is 1.84 bits per heavy atom. The Balaban J connectivity index is 1.40. The number of aryl methyl sites for hydroxylation is 2. The van der Waals surface area contributed by atoms with Crippen molar-refractivity contribution in [2.45, 2.75) is 69.4 Å². The lowest BCUT2D eigenvalue weighted by molar-refractivity contribution is -0.140. The smallest absolute Gasteiger partial charge is 0.305 e. The number of carbonyl (C=O) groups excluding carboxylic acids is 1. The van der Waals surface area contributed by atoms with Gasteiger partial charge in [0.2, 0.25) is 0 Å². The predicted molar refractivity (Wildman–Crippen MR) is 132 cm³/mol. The molecule has 32 heavy (non-hydrogen) atoms. The molecule has 0 radical (unpaired) electrons. The molecule has 4 rings (SSSR count). The third kappa shape index (κ3) is 5.26. The van der Waals surface area contributed by atoms with Gasteiger partial charge in [-0.2, -0.15) is 0 Å². The lowest BCUT2D eigenvalue weighted by Gasteiger charge is -2.12. The average molecular weight is 471 g/mol. The summed E-state index contributed by atoms with van der Waals surface area (Å²) in [4.78, 5) is 31.9. The molecule has 1 aliphatic carbocycles. The van der Waals surface area contributed by atoms with Gasteiger partial charge >= 0.3 is 5.97 Å². The minimum Gasteiger partial charge on any atom is -0.469 e. The molecule has 7 heteroatoms. The molecule has 170 valence electrons. The number of nitrogens with zero attached hydrogens (tertiary/aromatic N) is 2. The van der Waals surface area contributed by atoms with Gasteiger partial charge < -0.3 is 4.74 Å². The van der Waals surface area contributed by atoms with E-state index in [1.807, 2.05) is 34.9 Å². The Kier molecular flexibility index (Phi) is 8.03. The third-order valence-corrected chi connectivity index (χ3v) is 8.17. The number of fused-ring (bicyclic) bond motifs is 3. The summed E-state index contributed by atoms with van der Waals surface area (Å²) < 4.78 is 6.49. The summed E-state index contributed by atoms with van der Waals surface area (Å²) in [6.45, 7) is 0. The average Bonchev–Trinajstić information content (AvgIpc) is 3.39. The van der Waals surface area contributed by atoms with Crippen molar-refractivity contribution in [3.8, 4) is 5.69 Å². The van der Waals surface area contributed by atoms with Crippen molar-refractivity contribution in [3.63, 3.8) is 0 Å². The molecule has 0 bridgehead atoms.